The van der Waals surface area contributed by atoms with Crippen molar-refractivity contribution in [2.45, 2.75) is 13.0 Å². The highest BCUT2D eigenvalue weighted by Gasteiger charge is 2.15. The van der Waals surface area contributed by atoms with Crippen LogP contribution in [0.15, 0.2) is 12.1 Å². The topological polar surface area (TPSA) is 75.7 Å². The summed E-state index contributed by atoms with van der Waals surface area (Å²) >= 11 is 0. The Morgan fingerprint density at radius 3 is 2.64 bits per heavy atom. The second-order valence-electron chi connectivity index (χ2n) is 3.14. The third kappa shape index (κ3) is 1.81. The zero-order chi connectivity index (χ0) is 10.7. The number of hydrogen-bond acceptors (Lipinski definition) is 4. The zero-order valence-corrected chi connectivity index (χ0v) is 8.32. The molecule has 0 spiro atoms. The Hall–Kier alpha value is -1.26. The Balaban J connectivity index is 3.23. The SMILES string of the molecule is COc1c(C(N)CO)ccc(C)c1O. The van der Waals surface area contributed by atoms with E-state index >= 15 is 0 Å². The summed E-state index contributed by atoms with van der Waals surface area (Å²) in [5, 5.41) is 18.6. The van der Waals surface area contributed by atoms with Gasteiger partial charge in [0.15, 0.2) is 11.5 Å². The predicted octanol–water partition coefficient (Wildman–Crippen LogP) is 0.701. The van der Waals surface area contributed by atoms with Crippen molar-refractivity contribution in [2.24, 2.45) is 5.73 Å². The number of aryl methyl sites for hydroxylation is 1. The van der Waals surface area contributed by atoms with Crippen LogP contribution in [0.5, 0.6) is 11.5 Å². The molecule has 1 aromatic rings. The number of hydrogen-bond donors (Lipinski definition) is 3. The molecule has 0 radical (unpaired) electrons. The van der Waals surface area contributed by atoms with Crippen LogP contribution in [-0.4, -0.2) is 23.9 Å². The van der Waals surface area contributed by atoms with Crippen molar-refractivity contribution in [1.82, 2.24) is 0 Å². The largest absolute Gasteiger partial charge is 0.504 e. The normalized spacial score (nSPS) is 12.6. The lowest BCUT2D eigenvalue weighted by atomic mass is 10.0. The quantitative estimate of drug-likeness (QED) is 0.666. The molecule has 1 aromatic carbocycles. The van der Waals surface area contributed by atoms with Crippen LogP contribution in [0.3, 0.4) is 0 Å². The number of ether oxygens (including phenoxy) is 1. The molecule has 0 amide bonds. The van der Waals surface area contributed by atoms with Gasteiger partial charge in [-0.25, -0.2) is 0 Å². The van der Waals surface area contributed by atoms with Gasteiger partial charge in [0.2, 0.25) is 0 Å². The van der Waals surface area contributed by atoms with Gasteiger partial charge in [0.25, 0.3) is 0 Å². The number of methoxy groups -OCH3 is 1. The summed E-state index contributed by atoms with van der Waals surface area (Å²) in [6.07, 6.45) is 0. The molecule has 0 saturated heterocycles. The van der Waals surface area contributed by atoms with Crippen LogP contribution in [0.2, 0.25) is 0 Å². The van der Waals surface area contributed by atoms with Gasteiger partial charge in [-0.2, -0.15) is 0 Å². The number of aliphatic hydroxyl groups is 1. The maximum Gasteiger partial charge on any atom is 0.165 e. The molecular weight excluding hydrogens is 182 g/mol. The molecule has 4 nitrogen and oxygen atoms in total. The average molecular weight is 197 g/mol. The Labute approximate surface area is 82.9 Å². The van der Waals surface area contributed by atoms with Gasteiger partial charge in [-0.15, -0.1) is 0 Å². The molecule has 0 saturated carbocycles. The molecule has 4 heteroatoms. The van der Waals surface area contributed by atoms with Gasteiger partial charge in [-0.3, -0.25) is 0 Å². The average Bonchev–Trinajstić information content (AvgIpc) is 2.20. The van der Waals surface area contributed by atoms with Crippen molar-refractivity contribution in [2.75, 3.05) is 13.7 Å². The highest BCUT2D eigenvalue weighted by atomic mass is 16.5. The number of phenols is 1. The van der Waals surface area contributed by atoms with Gasteiger partial charge >= 0.3 is 0 Å². The first-order valence-corrected chi connectivity index (χ1v) is 4.34. The predicted molar refractivity (Wildman–Crippen MR) is 53.4 cm³/mol. The van der Waals surface area contributed by atoms with Crippen LogP contribution in [-0.2, 0) is 0 Å². The van der Waals surface area contributed by atoms with Crippen LogP contribution >= 0.6 is 0 Å². The number of benzene rings is 1. The van der Waals surface area contributed by atoms with E-state index in [2.05, 4.69) is 0 Å². The summed E-state index contributed by atoms with van der Waals surface area (Å²) in [6, 6.07) is 2.95. The summed E-state index contributed by atoms with van der Waals surface area (Å²) in [5.41, 5.74) is 6.98. The molecule has 1 rings (SSSR count). The fourth-order valence-corrected chi connectivity index (χ4v) is 1.29. The van der Waals surface area contributed by atoms with Crippen molar-refractivity contribution >= 4 is 0 Å². The maximum absolute atomic E-state index is 9.66. The molecule has 78 valence electrons. The Kier molecular flexibility index (Phi) is 3.33. The molecule has 0 bridgehead atoms. The van der Waals surface area contributed by atoms with Gasteiger partial charge in [-0.1, -0.05) is 12.1 Å². The first-order chi connectivity index (χ1) is 6.61. The van der Waals surface area contributed by atoms with Gasteiger partial charge < -0.3 is 20.7 Å². The number of aromatic hydroxyl groups is 1. The van der Waals surface area contributed by atoms with E-state index in [1.807, 2.05) is 0 Å². The van der Waals surface area contributed by atoms with Crippen molar-refractivity contribution in [3.05, 3.63) is 23.3 Å². The number of rotatable bonds is 3. The van der Waals surface area contributed by atoms with E-state index in [9.17, 15) is 5.11 Å². The van der Waals surface area contributed by atoms with E-state index < -0.39 is 6.04 Å². The maximum atomic E-state index is 9.66. The van der Waals surface area contributed by atoms with Crippen LogP contribution in [0.1, 0.15) is 17.2 Å². The number of aliphatic hydroxyl groups excluding tert-OH is 1. The van der Waals surface area contributed by atoms with Crippen LogP contribution < -0.4 is 10.5 Å². The summed E-state index contributed by atoms with van der Waals surface area (Å²) < 4.78 is 5.04. The monoisotopic (exact) mass is 197 g/mol. The van der Waals surface area contributed by atoms with E-state index in [4.69, 9.17) is 15.6 Å². The first kappa shape index (κ1) is 10.8. The van der Waals surface area contributed by atoms with Crippen molar-refractivity contribution in [3.63, 3.8) is 0 Å². The molecule has 0 fully saturated rings. The molecule has 1 unspecified atom stereocenters. The molecule has 14 heavy (non-hydrogen) atoms. The molecule has 0 aliphatic heterocycles. The molecule has 0 aliphatic carbocycles. The lowest BCUT2D eigenvalue weighted by Crippen LogP contribution is -2.15. The van der Waals surface area contributed by atoms with E-state index in [1.165, 1.54) is 7.11 Å². The molecule has 4 N–H and O–H groups in total. The van der Waals surface area contributed by atoms with E-state index in [1.54, 1.807) is 19.1 Å². The van der Waals surface area contributed by atoms with Crippen molar-refractivity contribution < 1.29 is 14.9 Å². The van der Waals surface area contributed by atoms with Crippen LogP contribution in [0, 0.1) is 6.92 Å². The summed E-state index contributed by atoms with van der Waals surface area (Å²) in [7, 11) is 1.46. The van der Waals surface area contributed by atoms with Crippen molar-refractivity contribution in [3.8, 4) is 11.5 Å². The second kappa shape index (κ2) is 4.30. The molecule has 0 aliphatic rings. The summed E-state index contributed by atoms with van der Waals surface area (Å²) in [6.45, 7) is 1.59. The Bertz CT molecular complexity index is 325. The molecule has 0 heterocycles. The first-order valence-electron chi connectivity index (χ1n) is 4.34. The minimum absolute atomic E-state index is 0.0777. The number of phenolic OH excluding ortho intramolecular Hbond substituents is 1. The fraction of sp³-hybridized carbons (Fsp3) is 0.400. The lowest BCUT2D eigenvalue weighted by Gasteiger charge is -2.15. The minimum Gasteiger partial charge on any atom is -0.504 e. The standard InChI is InChI=1S/C10H15NO3/c1-6-3-4-7(8(11)5-12)10(14-2)9(6)13/h3-4,8,12-13H,5,11H2,1-2H3. The van der Waals surface area contributed by atoms with Gasteiger partial charge in [0.1, 0.15) is 0 Å². The third-order valence-electron chi connectivity index (χ3n) is 2.16. The molecule has 1 atom stereocenters. The highest BCUT2D eigenvalue weighted by molar-refractivity contribution is 5.51. The third-order valence-corrected chi connectivity index (χ3v) is 2.16. The number of nitrogens with two attached hydrogens (primary N) is 1. The second-order valence-corrected chi connectivity index (χ2v) is 3.14. The Morgan fingerprint density at radius 1 is 1.50 bits per heavy atom. The fourth-order valence-electron chi connectivity index (χ4n) is 1.29. The van der Waals surface area contributed by atoms with Gasteiger partial charge in [0.05, 0.1) is 19.8 Å². The van der Waals surface area contributed by atoms with Crippen LogP contribution in [0.25, 0.3) is 0 Å². The molecular formula is C10H15NO3. The smallest absolute Gasteiger partial charge is 0.165 e. The zero-order valence-electron chi connectivity index (χ0n) is 8.32. The lowest BCUT2D eigenvalue weighted by molar-refractivity contribution is 0.263. The summed E-state index contributed by atoms with van der Waals surface area (Å²) in [4.78, 5) is 0. The van der Waals surface area contributed by atoms with E-state index in [0.717, 1.165) is 5.56 Å². The van der Waals surface area contributed by atoms with Gasteiger partial charge in [0, 0.05) is 5.56 Å². The minimum atomic E-state index is -0.531. The van der Waals surface area contributed by atoms with Crippen molar-refractivity contribution in [1.29, 1.82) is 0 Å². The van der Waals surface area contributed by atoms with E-state index in [0.29, 0.717) is 11.3 Å². The van der Waals surface area contributed by atoms with Gasteiger partial charge in [-0.05, 0) is 12.5 Å². The van der Waals surface area contributed by atoms with E-state index in [-0.39, 0.29) is 12.4 Å². The molecule has 0 aromatic heterocycles. The highest BCUT2D eigenvalue weighted by Crippen LogP contribution is 2.35. The Morgan fingerprint density at radius 2 is 2.14 bits per heavy atom. The van der Waals surface area contributed by atoms with Crippen LogP contribution in [0.4, 0.5) is 0 Å². The summed E-state index contributed by atoms with van der Waals surface area (Å²) in [5.74, 6) is 0.417.